The van der Waals surface area contributed by atoms with Gasteiger partial charge in [-0.1, -0.05) is 26.2 Å². The van der Waals surface area contributed by atoms with Gasteiger partial charge in [0.1, 0.15) is 0 Å². The first-order valence-electron chi connectivity index (χ1n) is 7.08. The second-order valence-corrected chi connectivity index (χ2v) is 5.45. The summed E-state index contributed by atoms with van der Waals surface area (Å²) in [6.45, 7) is 4.09. The van der Waals surface area contributed by atoms with Gasteiger partial charge in [0.05, 0.1) is 6.61 Å². The van der Waals surface area contributed by atoms with Crippen molar-refractivity contribution in [3.8, 4) is 0 Å². The van der Waals surface area contributed by atoms with E-state index in [0.29, 0.717) is 0 Å². The number of rotatable bonds is 6. The Hall–Kier alpha value is -0.570. The highest BCUT2D eigenvalue weighted by Gasteiger charge is 2.26. The van der Waals surface area contributed by atoms with Gasteiger partial charge in [0.25, 0.3) is 0 Å². The second kappa shape index (κ2) is 7.70. The maximum absolute atomic E-state index is 11.9. The number of hydrogen-bond acceptors (Lipinski definition) is 2. The molecule has 0 bridgehead atoms. The van der Waals surface area contributed by atoms with Gasteiger partial charge in [0.15, 0.2) is 0 Å². The van der Waals surface area contributed by atoms with Crippen molar-refractivity contribution in [1.29, 1.82) is 0 Å². The predicted octanol–water partition coefficient (Wildman–Crippen LogP) is 2.48. The lowest BCUT2D eigenvalue weighted by molar-refractivity contribution is -0.127. The molecule has 3 nitrogen and oxygen atoms in total. The fourth-order valence-electron chi connectivity index (χ4n) is 2.61. The standard InChI is InChI=1S/C14H27NO2/c1-3-4-5-12-6-8-13(9-7-12)14(17)15-11(2)10-16/h11-13,16H,3-10H2,1-2H3,(H,15,17). The highest BCUT2D eigenvalue weighted by Crippen LogP contribution is 2.31. The smallest absolute Gasteiger partial charge is 0.223 e. The number of amides is 1. The molecule has 0 aromatic carbocycles. The summed E-state index contributed by atoms with van der Waals surface area (Å²) in [5.74, 6) is 1.16. The molecular weight excluding hydrogens is 214 g/mol. The Morgan fingerprint density at radius 3 is 2.53 bits per heavy atom. The highest BCUT2D eigenvalue weighted by atomic mass is 16.3. The van der Waals surface area contributed by atoms with E-state index in [1.807, 2.05) is 6.92 Å². The van der Waals surface area contributed by atoms with Crippen molar-refractivity contribution in [3.63, 3.8) is 0 Å². The SMILES string of the molecule is CCCCC1CCC(C(=O)NC(C)CO)CC1. The predicted molar refractivity (Wildman–Crippen MR) is 69.7 cm³/mol. The topological polar surface area (TPSA) is 49.3 Å². The van der Waals surface area contributed by atoms with Crippen molar-refractivity contribution in [2.75, 3.05) is 6.61 Å². The van der Waals surface area contributed by atoms with Crippen LogP contribution < -0.4 is 5.32 Å². The van der Waals surface area contributed by atoms with E-state index in [1.165, 1.54) is 32.1 Å². The molecule has 1 fully saturated rings. The van der Waals surface area contributed by atoms with Crippen LogP contribution in [-0.2, 0) is 4.79 Å². The molecule has 0 aliphatic heterocycles. The van der Waals surface area contributed by atoms with Crippen LogP contribution in [0.25, 0.3) is 0 Å². The third-order valence-electron chi connectivity index (χ3n) is 3.85. The minimum Gasteiger partial charge on any atom is -0.394 e. The molecule has 1 amide bonds. The third kappa shape index (κ3) is 5.07. The summed E-state index contributed by atoms with van der Waals surface area (Å²) < 4.78 is 0. The van der Waals surface area contributed by atoms with Gasteiger partial charge in [-0.15, -0.1) is 0 Å². The average Bonchev–Trinajstić information content (AvgIpc) is 2.36. The largest absolute Gasteiger partial charge is 0.394 e. The Morgan fingerprint density at radius 1 is 1.35 bits per heavy atom. The molecular formula is C14H27NO2. The van der Waals surface area contributed by atoms with Gasteiger partial charge in [-0.05, 0) is 38.5 Å². The lowest BCUT2D eigenvalue weighted by atomic mass is 9.79. The lowest BCUT2D eigenvalue weighted by Crippen LogP contribution is -2.40. The molecule has 17 heavy (non-hydrogen) atoms. The molecule has 1 unspecified atom stereocenters. The van der Waals surface area contributed by atoms with Crippen molar-refractivity contribution in [1.82, 2.24) is 5.32 Å². The van der Waals surface area contributed by atoms with Gasteiger partial charge in [-0.3, -0.25) is 4.79 Å². The number of carbonyl (C=O) groups excluding carboxylic acids is 1. The normalized spacial score (nSPS) is 26.5. The number of hydrogen-bond donors (Lipinski definition) is 2. The van der Waals surface area contributed by atoms with Crippen molar-refractivity contribution >= 4 is 5.91 Å². The molecule has 0 saturated heterocycles. The Balaban J connectivity index is 2.24. The summed E-state index contributed by atoms with van der Waals surface area (Å²) in [5, 5.41) is 11.8. The Labute approximate surface area is 105 Å². The minimum atomic E-state index is -0.111. The summed E-state index contributed by atoms with van der Waals surface area (Å²) in [5.41, 5.74) is 0. The average molecular weight is 241 g/mol. The van der Waals surface area contributed by atoms with Crippen LogP contribution in [0.4, 0.5) is 0 Å². The molecule has 3 heteroatoms. The Morgan fingerprint density at radius 2 is 2.00 bits per heavy atom. The first kappa shape index (κ1) is 14.5. The molecule has 0 radical (unpaired) electrons. The fraction of sp³-hybridized carbons (Fsp3) is 0.929. The maximum Gasteiger partial charge on any atom is 0.223 e. The molecule has 1 rings (SSSR count). The number of aliphatic hydroxyl groups is 1. The summed E-state index contributed by atoms with van der Waals surface area (Å²) in [6, 6.07) is -0.111. The van der Waals surface area contributed by atoms with Crippen LogP contribution >= 0.6 is 0 Å². The summed E-state index contributed by atoms with van der Waals surface area (Å²) in [7, 11) is 0. The molecule has 100 valence electrons. The Bertz CT molecular complexity index is 222. The van der Waals surface area contributed by atoms with Gasteiger partial charge in [-0.2, -0.15) is 0 Å². The van der Waals surface area contributed by atoms with E-state index in [1.54, 1.807) is 0 Å². The lowest BCUT2D eigenvalue weighted by Gasteiger charge is -2.28. The summed E-state index contributed by atoms with van der Waals surface area (Å²) in [6.07, 6.45) is 8.38. The molecule has 1 saturated carbocycles. The van der Waals surface area contributed by atoms with E-state index in [2.05, 4.69) is 12.2 Å². The second-order valence-electron chi connectivity index (χ2n) is 5.45. The first-order valence-corrected chi connectivity index (χ1v) is 7.08. The van der Waals surface area contributed by atoms with E-state index < -0.39 is 0 Å². The fourth-order valence-corrected chi connectivity index (χ4v) is 2.61. The van der Waals surface area contributed by atoms with Gasteiger partial charge in [-0.25, -0.2) is 0 Å². The van der Waals surface area contributed by atoms with Crippen LogP contribution in [0.5, 0.6) is 0 Å². The first-order chi connectivity index (χ1) is 8.17. The van der Waals surface area contributed by atoms with Crippen LogP contribution in [0.1, 0.15) is 58.8 Å². The van der Waals surface area contributed by atoms with Crippen molar-refractivity contribution in [2.24, 2.45) is 11.8 Å². The molecule has 0 aromatic rings. The number of nitrogens with one attached hydrogen (secondary N) is 1. The highest BCUT2D eigenvalue weighted by molar-refractivity contribution is 5.78. The van der Waals surface area contributed by atoms with E-state index in [9.17, 15) is 4.79 Å². The molecule has 2 N–H and O–H groups in total. The van der Waals surface area contributed by atoms with Crippen molar-refractivity contribution in [2.45, 2.75) is 64.8 Å². The molecule has 1 aliphatic carbocycles. The van der Waals surface area contributed by atoms with Gasteiger partial charge >= 0.3 is 0 Å². The summed E-state index contributed by atoms with van der Waals surface area (Å²) in [4.78, 5) is 11.9. The van der Waals surface area contributed by atoms with Gasteiger partial charge in [0.2, 0.25) is 5.91 Å². The molecule has 1 aliphatic rings. The van der Waals surface area contributed by atoms with E-state index in [4.69, 9.17) is 5.11 Å². The number of aliphatic hydroxyl groups excluding tert-OH is 1. The van der Waals surface area contributed by atoms with Gasteiger partial charge in [0, 0.05) is 12.0 Å². The van der Waals surface area contributed by atoms with E-state index in [-0.39, 0.29) is 24.5 Å². The maximum atomic E-state index is 11.9. The zero-order chi connectivity index (χ0) is 12.7. The van der Waals surface area contributed by atoms with Gasteiger partial charge < -0.3 is 10.4 Å². The molecule has 1 atom stereocenters. The quantitative estimate of drug-likeness (QED) is 0.750. The van der Waals surface area contributed by atoms with Crippen LogP contribution in [0.3, 0.4) is 0 Å². The van der Waals surface area contributed by atoms with Crippen LogP contribution in [0.2, 0.25) is 0 Å². The molecule has 0 aromatic heterocycles. The van der Waals surface area contributed by atoms with Crippen molar-refractivity contribution in [3.05, 3.63) is 0 Å². The Kier molecular flexibility index (Phi) is 6.56. The molecule has 0 spiro atoms. The van der Waals surface area contributed by atoms with Crippen LogP contribution in [0, 0.1) is 11.8 Å². The van der Waals surface area contributed by atoms with E-state index >= 15 is 0 Å². The summed E-state index contributed by atoms with van der Waals surface area (Å²) >= 11 is 0. The van der Waals surface area contributed by atoms with Crippen LogP contribution in [0.15, 0.2) is 0 Å². The number of unbranched alkanes of at least 4 members (excludes halogenated alkanes) is 1. The molecule has 0 heterocycles. The minimum absolute atomic E-state index is 0.0254. The van der Waals surface area contributed by atoms with E-state index in [0.717, 1.165) is 18.8 Å². The van der Waals surface area contributed by atoms with Crippen LogP contribution in [-0.4, -0.2) is 23.7 Å². The monoisotopic (exact) mass is 241 g/mol. The van der Waals surface area contributed by atoms with Crippen molar-refractivity contribution < 1.29 is 9.90 Å². The third-order valence-corrected chi connectivity index (χ3v) is 3.85. The zero-order valence-corrected chi connectivity index (χ0v) is 11.2. The zero-order valence-electron chi connectivity index (χ0n) is 11.2. The number of carbonyl (C=O) groups is 1.